The fraction of sp³-hybridized carbons (Fsp3) is 0.938. The molecule has 2 bridgehead atoms. The molecule has 2 nitrogen and oxygen atoms in total. The summed E-state index contributed by atoms with van der Waals surface area (Å²) in [6, 6.07) is 4.03. The Bertz CT molecular complexity index is 332. The third-order valence-corrected chi connectivity index (χ3v) is 5.67. The molecule has 18 heavy (non-hydrogen) atoms. The Labute approximate surface area is 111 Å². The summed E-state index contributed by atoms with van der Waals surface area (Å²) in [5.41, 5.74) is 0. The summed E-state index contributed by atoms with van der Waals surface area (Å²) in [6.45, 7) is 3.59. The first-order chi connectivity index (χ1) is 8.81. The maximum Gasteiger partial charge on any atom is 0.0672 e. The number of rotatable bonds is 3. The minimum Gasteiger partial charge on any atom is -0.296 e. The average Bonchev–Trinajstić information content (AvgIpc) is 3.01. The largest absolute Gasteiger partial charge is 0.296 e. The molecule has 100 valence electrons. The number of nitriles is 1. The lowest BCUT2D eigenvalue weighted by Crippen LogP contribution is -2.47. The van der Waals surface area contributed by atoms with Crippen molar-refractivity contribution < 1.29 is 0 Å². The van der Waals surface area contributed by atoms with Crippen LogP contribution in [-0.4, -0.2) is 23.5 Å². The molecule has 0 aromatic heterocycles. The van der Waals surface area contributed by atoms with Crippen molar-refractivity contribution >= 4 is 0 Å². The second kappa shape index (κ2) is 5.21. The van der Waals surface area contributed by atoms with Crippen LogP contribution in [0.2, 0.25) is 0 Å². The van der Waals surface area contributed by atoms with Crippen molar-refractivity contribution in [2.24, 2.45) is 17.8 Å². The molecule has 5 atom stereocenters. The molecule has 1 aliphatic heterocycles. The Morgan fingerprint density at radius 3 is 2.67 bits per heavy atom. The fourth-order valence-electron chi connectivity index (χ4n) is 4.79. The van der Waals surface area contributed by atoms with Crippen LogP contribution in [0.4, 0.5) is 0 Å². The first-order valence-electron chi connectivity index (χ1n) is 7.97. The van der Waals surface area contributed by atoms with Crippen molar-refractivity contribution in [2.45, 2.75) is 70.4 Å². The summed E-state index contributed by atoms with van der Waals surface area (Å²) >= 11 is 0. The van der Waals surface area contributed by atoms with Crippen molar-refractivity contribution in [3.63, 3.8) is 0 Å². The lowest BCUT2D eigenvalue weighted by atomic mass is 9.76. The minimum absolute atomic E-state index is 0.317. The van der Waals surface area contributed by atoms with Crippen molar-refractivity contribution in [3.8, 4) is 6.07 Å². The van der Waals surface area contributed by atoms with Gasteiger partial charge in [-0.25, -0.2) is 0 Å². The Kier molecular flexibility index (Phi) is 3.61. The van der Waals surface area contributed by atoms with Gasteiger partial charge in [-0.1, -0.05) is 19.8 Å². The van der Waals surface area contributed by atoms with Crippen LogP contribution in [0.1, 0.15) is 58.3 Å². The normalized spacial score (nSPS) is 44.1. The Hall–Kier alpha value is -0.550. The Balaban J connectivity index is 1.69. The van der Waals surface area contributed by atoms with Crippen LogP contribution in [0.3, 0.4) is 0 Å². The van der Waals surface area contributed by atoms with E-state index in [-0.39, 0.29) is 0 Å². The van der Waals surface area contributed by atoms with Crippen molar-refractivity contribution in [1.82, 2.24) is 4.90 Å². The summed E-state index contributed by atoms with van der Waals surface area (Å²) in [7, 11) is 0. The van der Waals surface area contributed by atoms with Gasteiger partial charge in [0.1, 0.15) is 0 Å². The van der Waals surface area contributed by atoms with Gasteiger partial charge in [-0.05, 0) is 50.4 Å². The van der Waals surface area contributed by atoms with Crippen molar-refractivity contribution in [3.05, 3.63) is 0 Å². The zero-order chi connectivity index (χ0) is 12.5. The first kappa shape index (κ1) is 12.5. The number of piperidine rings is 1. The van der Waals surface area contributed by atoms with Gasteiger partial charge < -0.3 is 0 Å². The summed E-state index contributed by atoms with van der Waals surface area (Å²) in [5.74, 6) is 2.17. The molecule has 0 aromatic carbocycles. The lowest BCUT2D eigenvalue weighted by Gasteiger charge is -2.42. The molecule has 2 aliphatic carbocycles. The van der Waals surface area contributed by atoms with Crippen molar-refractivity contribution in [2.75, 3.05) is 6.54 Å². The van der Waals surface area contributed by atoms with Gasteiger partial charge >= 0.3 is 0 Å². The van der Waals surface area contributed by atoms with E-state index in [1.165, 1.54) is 51.5 Å². The molecule has 3 fully saturated rings. The van der Waals surface area contributed by atoms with Crippen LogP contribution >= 0.6 is 0 Å². The summed E-state index contributed by atoms with van der Waals surface area (Å²) in [4.78, 5) is 2.74. The van der Waals surface area contributed by atoms with Crippen LogP contribution in [-0.2, 0) is 0 Å². The van der Waals surface area contributed by atoms with E-state index < -0.39 is 0 Å². The fourth-order valence-corrected chi connectivity index (χ4v) is 4.79. The number of hydrogen-bond donors (Lipinski definition) is 0. The van der Waals surface area contributed by atoms with Gasteiger partial charge in [-0.15, -0.1) is 0 Å². The van der Waals surface area contributed by atoms with Crippen LogP contribution in [0.5, 0.6) is 0 Å². The number of nitrogens with zero attached hydrogens (tertiary/aromatic N) is 2. The van der Waals surface area contributed by atoms with E-state index in [4.69, 9.17) is 0 Å². The van der Waals surface area contributed by atoms with Gasteiger partial charge in [0.25, 0.3) is 0 Å². The van der Waals surface area contributed by atoms with E-state index >= 15 is 0 Å². The molecule has 2 saturated carbocycles. The van der Waals surface area contributed by atoms with E-state index in [1.807, 2.05) is 0 Å². The van der Waals surface area contributed by atoms with Crippen molar-refractivity contribution in [1.29, 1.82) is 5.26 Å². The second-order valence-electron chi connectivity index (χ2n) is 6.80. The standard InChI is InChI=1S/C16H26N2/c1-2-3-12-4-6-14(10-17)16(9-12)18-11-13-5-7-15(18)8-13/h12-16H,2-9,11H2,1H3. The number of likely N-dealkylation sites (tertiary alicyclic amines) is 1. The molecule has 0 radical (unpaired) electrons. The molecule has 0 spiro atoms. The molecule has 0 amide bonds. The smallest absolute Gasteiger partial charge is 0.0672 e. The van der Waals surface area contributed by atoms with Crippen LogP contribution in [0.25, 0.3) is 0 Å². The summed E-state index contributed by atoms with van der Waals surface area (Å²) in [6.07, 6.45) is 10.7. The molecule has 2 heteroatoms. The Morgan fingerprint density at radius 1 is 1.17 bits per heavy atom. The molecule has 0 N–H and O–H groups in total. The molecule has 3 aliphatic rings. The topological polar surface area (TPSA) is 27.0 Å². The zero-order valence-corrected chi connectivity index (χ0v) is 11.6. The van der Waals surface area contributed by atoms with E-state index in [9.17, 15) is 5.26 Å². The van der Waals surface area contributed by atoms with Crippen LogP contribution < -0.4 is 0 Å². The van der Waals surface area contributed by atoms with Gasteiger partial charge in [-0.3, -0.25) is 4.90 Å². The molecule has 0 aromatic rings. The highest BCUT2D eigenvalue weighted by molar-refractivity contribution is 5.03. The highest BCUT2D eigenvalue weighted by Gasteiger charge is 2.44. The van der Waals surface area contributed by atoms with E-state index in [2.05, 4.69) is 17.9 Å². The third-order valence-electron chi connectivity index (χ3n) is 5.67. The monoisotopic (exact) mass is 246 g/mol. The lowest BCUT2D eigenvalue weighted by molar-refractivity contribution is 0.0711. The SMILES string of the molecule is CCCC1CCC(C#N)C(N2CC3CCC2C3)C1. The third kappa shape index (κ3) is 2.18. The van der Waals surface area contributed by atoms with Gasteiger partial charge in [0, 0.05) is 18.6 Å². The zero-order valence-electron chi connectivity index (χ0n) is 11.6. The number of fused-ring (bicyclic) bond motifs is 2. The molecular formula is C16H26N2. The van der Waals surface area contributed by atoms with Crippen LogP contribution in [0.15, 0.2) is 0 Å². The van der Waals surface area contributed by atoms with E-state index in [0.717, 1.165) is 24.3 Å². The van der Waals surface area contributed by atoms with Gasteiger partial charge in [0.05, 0.1) is 12.0 Å². The van der Waals surface area contributed by atoms with Crippen LogP contribution in [0, 0.1) is 29.1 Å². The Morgan fingerprint density at radius 2 is 2.06 bits per heavy atom. The molecule has 1 heterocycles. The predicted octanol–water partition coefficient (Wildman–Crippen LogP) is 3.58. The molecule has 1 saturated heterocycles. The second-order valence-corrected chi connectivity index (χ2v) is 6.80. The van der Waals surface area contributed by atoms with Gasteiger partial charge in [0.15, 0.2) is 0 Å². The molecule has 3 rings (SSSR count). The highest BCUT2D eigenvalue weighted by atomic mass is 15.2. The van der Waals surface area contributed by atoms with Gasteiger partial charge in [-0.2, -0.15) is 5.26 Å². The average molecular weight is 246 g/mol. The highest BCUT2D eigenvalue weighted by Crippen LogP contribution is 2.43. The molecular weight excluding hydrogens is 220 g/mol. The quantitative estimate of drug-likeness (QED) is 0.761. The maximum atomic E-state index is 9.43. The first-order valence-corrected chi connectivity index (χ1v) is 7.97. The van der Waals surface area contributed by atoms with Gasteiger partial charge in [0.2, 0.25) is 0 Å². The maximum absolute atomic E-state index is 9.43. The molecule has 5 unspecified atom stereocenters. The minimum atomic E-state index is 0.317. The predicted molar refractivity (Wildman–Crippen MR) is 73.0 cm³/mol. The summed E-state index contributed by atoms with van der Waals surface area (Å²) < 4.78 is 0. The van der Waals surface area contributed by atoms with E-state index in [0.29, 0.717) is 12.0 Å². The summed E-state index contributed by atoms with van der Waals surface area (Å²) in [5, 5.41) is 9.43. The number of hydrogen-bond acceptors (Lipinski definition) is 2. The van der Waals surface area contributed by atoms with E-state index in [1.54, 1.807) is 0 Å².